The number of hydrogen-bond donors (Lipinski definition) is 0. The number of carbonyl (C=O) groups excluding carboxylic acids is 1. The molecule has 0 aromatic carbocycles. The molecule has 1 aromatic rings. The zero-order valence-corrected chi connectivity index (χ0v) is 16.9. The third kappa shape index (κ3) is 4.82. The number of aromatic nitrogens is 1. The van der Waals surface area contributed by atoms with Crippen molar-refractivity contribution in [1.82, 2.24) is 14.8 Å². The molecule has 2 aliphatic rings. The molecular weight excluding hydrogens is 330 g/mol. The van der Waals surface area contributed by atoms with Crippen LogP contribution in [0.15, 0.2) is 5.38 Å². The van der Waals surface area contributed by atoms with Gasteiger partial charge in [0.05, 0.1) is 10.7 Å². The lowest BCUT2D eigenvalue weighted by atomic mass is 9.73. The molecule has 0 aliphatic carbocycles. The highest BCUT2D eigenvalue weighted by Gasteiger charge is 2.41. The fraction of sp³-hybridized carbons (Fsp3) is 0.800. The fourth-order valence-electron chi connectivity index (χ4n) is 4.31. The summed E-state index contributed by atoms with van der Waals surface area (Å²) in [6, 6.07) is 0. The Bertz CT molecular complexity index is 585. The van der Waals surface area contributed by atoms with Crippen LogP contribution in [0.25, 0.3) is 0 Å². The van der Waals surface area contributed by atoms with Gasteiger partial charge in [0, 0.05) is 43.4 Å². The van der Waals surface area contributed by atoms with Gasteiger partial charge in [-0.05, 0) is 44.6 Å². The molecule has 2 fully saturated rings. The SMILES string of the molecule is CCc1nc(CN2CCC[C@@]3(CCC(=O)N(CCC(C)C)C3)C2)cs1. The maximum atomic E-state index is 12.3. The van der Waals surface area contributed by atoms with E-state index in [4.69, 9.17) is 4.98 Å². The predicted molar refractivity (Wildman–Crippen MR) is 104 cm³/mol. The standard InChI is InChI=1S/C20H33N3OS/c1-4-18-21-17(13-25-18)12-22-10-5-8-20(14-22)9-6-19(24)23(15-20)11-7-16(2)3/h13,16H,4-12,14-15H2,1-3H3/t20-/m1/s1. The van der Waals surface area contributed by atoms with Crippen LogP contribution in [0.4, 0.5) is 0 Å². The molecule has 140 valence electrons. The van der Waals surface area contributed by atoms with E-state index in [0.29, 0.717) is 17.2 Å². The van der Waals surface area contributed by atoms with Gasteiger partial charge in [-0.3, -0.25) is 9.69 Å². The smallest absolute Gasteiger partial charge is 0.222 e. The summed E-state index contributed by atoms with van der Waals surface area (Å²) in [4.78, 5) is 21.8. The van der Waals surface area contributed by atoms with E-state index in [-0.39, 0.29) is 0 Å². The number of amides is 1. The number of nitrogens with zero attached hydrogens (tertiary/aromatic N) is 3. The van der Waals surface area contributed by atoms with Crippen molar-refractivity contribution in [3.8, 4) is 0 Å². The minimum Gasteiger partial charge on any atom is -0.342 e. The molecule has 4 nitrogen and oxygen atoms in total. The number of thiazole rings is 1. The highest BCUT2D eigenvalue weighted by atomic mass is 32.1. The van der Waals surface area contributed by atoms with Crippen molar-refractivity contribution >= 4 is 17.2 Å². The zero-order valence-electron chi connectivity index (χ0n) is 16.1. The van der Waals surface area contributed by atoms with Crippen LogP contribution in [0.3, 0.4) is 0 Å². The average Bonchev–Trinajstić information content (AvgIpc) is 3.04. The third-order valence-corrected chi connectivity index (χ3v) is 6.79. The first kappa shape index (κ1) is 18.8. The van der Waals surface area contributed by atoms with Gasteiger partial charge in [0.1, 0.15) is 0 Å². The predicted octanol–water partition coefficient (Wildman–Crippen LogP) is 3.96. The molecule has 0 unspecified atom stereocenters. The van der Waals surface area contributed by atoms with Crippen LogP contribution in [0.2, 0.25) is 0 Å². The van der Waals surface area contributed by atoms with E-state index in [0.717, 1.165) is 51.9 Å². The van der Waals surface area contributed by atoms with E-state index in [1.54, 1.807) is 11.3 Å². The lowest BCUT2D eigenvalue weighted by Crippen LogP contribution is -2.54. The van der Waals surface area contributed by atoms with E-state index in [2.05, 4.69) is 36.0 Å². The highest BCUT2D eigenvalue weighted by molar-refractivity contribution is 7.09. The van der Waals surface area contributed by atoms with E-state index in [1.165, 1.54) is 30.1 Å². The van der Waals surface area contributed by atoms with Gasteiger partial charge in [-0.1, -0.05) is 20.8 Å². The van der Waals surface area contributed by atoms with Gasteiger partial charge in [-0.25, -0.2) is 4.98 Å². The number of likely N-dealkylation sites (tertiary alicyclic amines) is 2. The van der Waals surface area contributed by atoms with Gasteiger partial charge in [0.15, 0.2) is 0 Å². The molecule has 1 amide bonds. The van der Waals surface area contributed by atoms with Crippen LogP contribution in [0.1, 0.15) is 63.6 Å². The maximum Gasteiger partial charge on any atom is 0.222 e. The van der Waals surface area contributed by atoms with Gasteiger partial charge >= 0.3 is 0 Å². The number of carbonyl (C=O) groups is 1. The lowest BCUT2D eigenvalue weighted by molar-refractivity contribution is -0.139. The summed E-state index contributed by atoms with van der Waals surface area (Å²) in [7, 11) is 0. The lowest BCUT2D eigenvalue weighted by Gasteiger charge is -2.48. The normalized spacial score (nSPS) is 25.3. The second kappa shape index (κ2) is 8.17. The Morgan fingerprint density at radius 1 is 1.32 bits per heavy atom. The molecule has 1 atom stereocenters. The first-order valence-electron chi connectivity index (χ1n) is 9.93. The van der Waals surface area contributed by atoms with Gasteiger partial charge in [-0.15, -0.1) is 11.3 Å². The van der Waals surface area contributed by atoms with Crippen molar-refractivity contribution in [3.63, 3.8) is 0 Å². The Morgan fingerprint density at radius 3 is 2.88 bits per heavy atom. The molecule has 2 aliphatic heterocycles. The quantitative estimate of drug-likeness (QED) is 0.768. The summed E-state index contributed by atoms with van der Waals surface area (Å²) < 4.78 is 0. The maximum absolute atomic E-state index is 12.3. The van der Waals surface area contributed by atoms with E-state index < -0.39 is 0 Å². The van der Waals surface area contributed by atoms with Crippen LogP contribution in [0, 0.1) is 11.3 Å². The topological polar surface area (TPSA) is 36.4 Å². The molecule has 25 heavy (non-hydrogen) atoms. The molecule has 5 heteroatoms. The van der Waals surface area contributed by atoms with Crippen molar-refractivity contribution in [1.29, 1.82) is 0 Å². The van der Waals surface area contributed by atoms with E-state index >= 15 is 0 Å². The van der Waals surface area contributed by atoms with E-state index in [9.17, 15) is 4.79 Å². The molecule has 0 N–H and O–H groups in total. The Labute approximate surface area is 156 Å². The zero-order chi connectivity index (χ0) is 17.9. The highest BCUT2D eigenvalue weighted by Crippen LogP contribution is 2.39. The summed E-state index contributed by atoms with van der Waals surface area (Å²) >= 11 is 1.78. The second-order valence-corrected chi connectivity index (χ2v) is 9.34. The Kier molecular flexibility index (Phi) is 6.16. The minimum absolute atomic E-state index is 0.312. The summed E-state index contributed by atoms with van der Waals surface area (Å²) in [6.45, 7) is 11.8. The average molecular weight is 364 g/mol. The molecule has 1 spiro atoms. The molecule has 3 rings (SSSR count). The molecular formula is C20H33N3OS. The Hall–Kier alpha value is -0.940. The fourth-order valence-corrected chi connectivity index (χ4v) is 5.05. The van der Waals surface area contributed by atoms with Crippen molar-refractivity contribution in [2.45, 2.75) is 65.8 Å². The monoisotopic (exact) mass is 363 g/mol. The molecule has 1 aromatic heterocycles. The summed E-state index contributed by atoms with van der Waals surface area (Å²) in [5.74, 6) is 1.03. The van der Waals surface area contributed by atoms with Crippen LogP contribution >= 0.6 is 11.3 Å². The largest absolute Gasteiger partial charge is 0.342 e. The van der Waals surface area contributed by atoms with Crippen LogP contribution in [-0.2, 0) is 17.8 Å². The van der Waals surface area contributed by atoms with E-state index in [1.807, 2.05) is 0 Å². The molecule has 0 radical (unpaired) electrons. The van der Waals surface area contributed by atoms with Crippen LogP contribution in [-0.4, -0.2) is 46.9 Å². The van der Waals surface area contributed by atoms with Gasteiger partial charge in [0.25, 0.3) is 0 Å². The second-order valence-electron chi connectivity index (χ2n) is 8.40. The van der Waals surface area contributed by atoms with Crippen molar-refractivity contribution in [2.75, 3.05) is 26.2 Å². The Morgan fingerprint density at radius 2 is 2.16 bits per heavy atom. The van der Waals surface area contributed by atoms with Gasteiger partial charge in [0.2, 0.25) is 5.91 Å². The summed E-state index contributed by atoms with van der Waals surface area (Å²) in [6.07, 6.45) is 6.47. The summed E-state index contributed by atoms with van der Waals surface area (Å²) in [5.41, 5.74) is 1.54. The number of hydrogen-bond acceptors (Lipinski definition) is 4. The molecule has 3 heterocycles. The Balaban J connectivity index is 1.61. The first-order valence-corrected chi connectivity index (χ1v) is 10.8. The van der Waals surface area contributed by atoms with Crippen molar-refractivity contribution < 1.29 is 4.79 Å². The van der Waals surface area contributed by atoms with Gasteiger partial charge in [-0.2, -0.15) is 0 Å². The molecule has 0 bridgehead atoms. The number of rotatable bonds is 6. The number of aryl methyl sites for hydroxylation is 1. The van der Waals surface area contributed by atoms with Crippen LogP contribution in [0.5, 0.6) is 0 Å². The summed E-state index contributed by atoms with van der Waals surface area (Å²) in [5, 5.41) is 3.46. The minimum atomic E-state index is 0.312. The third-order valence-electron chi connectivity index (χ3n) is 5.75. The van der Waals surface area contributed by atoms with Crippen molar-refractivity contribution in [3.05, 3.63) is 16.1 Å². The molecule has 0 saturated carbocycles. The van der Waals surface area contributed by atoms with Gasteiger partial charge < -0.3 is 4.90 Å². The van der Waals surface area contributed by atoms with Crippen molar-refractivity contribution in [2.24, 2.45) is 11.3 Å². The van der Waals surface area contributed by atoms with Crippen LogP contribution < -0.4 is 0 Å². The number of piperidine rings is 2. The molecule has 2 saturated heterocycles. The first-order chi connectivity index (χ1) is 12.0.